The number of aliphatic hydroxyl groups is 1. The molecule has 0 spiro atoms. The SMILES string of the molecule is Cc1ccc(S(=O)(=O)C2=C(O)C(=O)N(c3nnc(C(C)C)s3)[C@@H]2c2ccc(Cl)cc2)cc1. The van der Waals surface area contributed by atoms with Crippen LogP contribution in [0.1, 0.15) is 41.9 Å². The molecule has 0 fully saturated rings. The van der Waals surface area contributed by atoms with Crippen molar-refractivity contribution in [3.8, 4) is 0 Å². The fourth-order valence-electron chi connectivity index (χ4n) is 3.40. The number of sulfone groups is 1. The molecule has 1 aliphatic heterocycles. The van der Waals surface area contributed by atoms with Gasteiger partial charge in [0, 0.05) is 10.9 Å². The van der Waals surface area contributed by atoms with Crippen LogP contribution in [0.15, 0.2) is 64.1 Å². The van der Waals surface area contributed by atoms with Gasteiger partial charge in [0.05, 0.1) is 4.90 Å². The Labute approximate surface area is 194 Å². The Morgan fingerprint density at radius 3 is 2.25 bits per heavy atom. The number of aryl methyl sites for hydroxylation is 1. The van der Waals surface area contributed by atoms with Crippen molar-refractivity contribution in [2.45, 2.75) is 37.6 Å². The number of nitrogens with zero attached hydrogens (tertiary/aromatic N) is 3. The Bertz CT molecular complexity index is 1310. The van der Waals surface area contributed by atoms with Gasteiger partial charge >= 0.3 is 0 Å². The molecule has 4 rings (SSSR count). The van der Waals surface area contributed by atoms with Crippen LogP contribution in [0.5, 0.6) is 0 Å². The van der Waals surface area contributed by atoms with E-state index in [1.165, 1.54) is 28.4 Å². The summed E-state index contributed by atoms with van der Waals surface area (Å²) in [5.41, 5.74) is 1.36. The van der Waals surface area contributed by atoms with Crippen LogP contribution >= 0.6 is 22.9 Å². The molecular formula is C22H20ClN3O4S2. The minimum atomic E-state index is -4.20. The van der Waals surface area contributed by atoms with Crippen LogP contribution in [0.2, 0.25) is 5.02 Å². The second-order valence-corrected chi connectivity index (χ2v) is 11.1. The molecule has 2 heterocycles. The Balaban J connectivity index is 1.91. The molecule has 1 aromatic heterocycles. The average molecular weight is 490 g/mol. The maximum absolute atomic E-state index is 13.6. The van der Waals surface area contributed by atoms with E-state index in [0.717, 1.165) is 5.56 Å². The van der Waals surface area contributed by atoms with Crippen LogP contribution in [-0.2, 0) is 14.6 Å². The number of carbonyl (C=O) groups excluding carboxylic acids is 1. The quantitative estimate of drug-likeness (QED) is 0.544. The Morgan fingerprint density at radius 2 is 1.69 bits per heavy atom. The summed E-state index contributed by atoms with van der Waals surface area (Å²) in [7, 11) is -4.20. The minimum Gasteiger partial charge on any atom is -0.502 e. The molecule has 1 N–H and O–H groups in total. The summed E-state index contributed by atoms with van der Waals surface area (Å²) < 4.78 is 27.2. The first-order valence-corrected chi connectivity index (χ1v) is 12.5. The number of hydrogen-bond donors (Lipinski definition) is 1. The molecule has 3 aromatic rings. The van der Waals surface area contributed by atoms with Crippen LogP contribution in [0, 0.1) is 6.92 Å². The smallest absolute Gasteiger partial charge is 0.296 e. The number of benzene rings is 2. The van der Waals surface area contributed by atoms with Crippen molar-refractivity contribution in [2.24, 2.45) is 0 Å². The molecule has 7 nitrogen and oxygen atoms in total. The van der Waals surface area contributed by atoms with E-state index in [0.29, 0.717) is 15.6 Å². The molecule has 32 heavy (non-hydrogen) atoms. The van der Waals surface area contributed by atoms with Gasteiger partial charge in [-0.05, 0) is 36.8 Å². The van der Waals surface area contributed by atoms with Crippen molar-refractivity contribution in [3.05, 3.63) is 80.4 Å². The second kappa shape index (κ2) is 8.31. The zero-order valence-electron chi connectivity index (χ0n) is 17.5. The maximum atomic E-state index is 13.6. The van der Waals surface area contributed by atoms with Gasteiger partial charge in [-0.15, -0.1) is 10.2 Å². The predicted octanol–water partition coefficient (Wildman–Crippen LogP) is 4.95. The van der Waals surface area contributed by atoms with Gasteiger partial charge in [-0.25, -0.2) is 8.42 Å². The number of anilines is 1. The third-order valence-electron chi connectivity index (χ3n) is 5.10. The van der Waals surface area contributed by atoms with E-state index in [-0.39, 0.29) is 15.9 Å². The van der Waals surface area contributed by atoms with E-state index in [1.54, 1.807) is 36.4 Å². The monoisotopic (exact) mass is 489 g/mol. The number of hydrogen-bond acceptors (Lipinski definition) is 7. The number of rotatable bonds is 5. The lowest BCUT2D eigenvalue weighted by Crippen LogP contribution is -2.31. The fourth-order valence-corrected chi connectivity index (χ4v) is 6.03. The zero-order chi connectivity index (χ0) is 23.2. The zero-order valence-corrected chi connectivity index (χ0v) is 19.9. The predicted molar refractivity (Wildman–Crippen MR) is 124 cm³/mol. The molecule has 1 amide bonds. The molecule has 0 aliphatic carbocycles. The summed E-state index contributed by atoms with van der Waals surface area (Å²) in [6.07, 6.45) is 0. The van der Waals surface area contributed by atoms with Crippen LogP contribution in [0.3, 0.4) is 0 Å². The van der Waals surface area contributed by atoms with E-state index < -0.39 is 32.5 Å². The van der Waals surface area contributed by atoms with Gasteiger partial charge in [0.15, 0.2) is 5.76 Å². The lowest BCUT2D eigenvalue weighted by atomic mass is 10.1. The number of aromatic nitrogens is 2. The lowest BCUT2D eigenvalue weighted by molar-refractivity contribution is -0.117. The molecule has 10 heteroatoms. The highest BCUT2D eigenvalue weighted by Gasteiger charge is 2.48. The fraction of sp³-hybridized carbons (Fsp3) is 0.227. The topological polar surface area (TPSA) is 100 Å². The first kappa shape index (κ1) is 22.4. The highest BCUT2D eigenvalue weighted by molar-refractivity contribution is 7.95. The van der Waals surface area contributed by atoms with Crippen LogP contribution in [0.4, 0.5) is 5.13 Å². The van der Waals surface area contributed by atoms with Crippen molar-refractivity contribution in [2.75, 3.05) is 4.90 Å². The van der Waals surface area contributed by atoms with Gasteiger partial charge in [0.25, 0.3) is 5.91 Å². The summed E-state index contributed by atoms with van der Waals surface area (Å²) in [6, 6.07) is 11.6. The highest BCUT2D eigenvalue weighted by Crippen LogP contribution is 2.46. The number of carbonyl (C=O) groups is 1. The molecule has 166 valence electrons. The van der Waals surface area contributed by atoms with Crippen molar-refractivity contribution >= 4 is 43.8 Å². The second-order valence-electron chi connectivity index (χ2n) is 7.74. The Hall–Kier alpha value is -2.75. The Morgan fingerprint density at radius 1 is 1.06 bits per heavy atom. The van der Waals surface area contributed by atoms with Crippen molar-refractivity contribution < 1.29 is 18.3 Å². The molecule has 0 bridgehead atoms. The lowest BCUT2D eigenvalue weighted by Gasteiger charge is -2.24. The summed E-state index contributed by atoms with van der Waals surface area (Å²) in [6.45, 7) is 5.72. The molecule has 2 aromatic carbocycles. The maximum Gasteiger partial charge on any atom is 0.296 e. The van der Waals surface area contributed by atoms with Gasteiger partial charge < -0.3 is 5.11 Å². The number of aliphatic hydroxyl groups excluding tert-OH is 1. The summed E-state index contributed by atoms with van der Waals surface area (Å²) in [5.74, 6) is -1.60. The third-order valence-corrected chi connectivity index (χ3v) is 8.46. The van der Waals surface area contributed by atoms with Crippen LogP contribution < -0.4 is 4.90 Å². The van der Waals surface area contributed by atoms with E-state index in [2.05, 4.69) is 10.2 Å². The molecule has 1 atom stereocenters. The van der Waals surface area contributed by atoms with Gasteiger partial charge in [-0.3, -0.25) is 9.69 Å². The van der Waals surface area contributed by atoms with Crippen LogP contribution in [-0.4, -0.2) is 29.6 Å². The molecular weight excluding hydrogens is 470 g/mol. The molecule has 0 radical (unpaired) electrons. The van der Waals surface area contributed by atoms with Crippen molar-refractivity contribution in [1.82, 2.24) is 10.2 Å². The van der Waals surface area contributed by atoms with E-state index in [9.17, 15) is 18.3 Å². The number of amides is 1. The summed E-state index contributed by atoms with van der Waals surface area (Å²) >= 11 is 7.20. The van der Waals surface area contributed by atoms with E-state index >= 15 is 0 Å². The third kappa shape index (κ3) is 3.80. The van der Waals surface area contributed by atoms with Gasteiger partial charge in [0.2, 0.25) is 15.0 Å². The number of halogens is 1. The Kier molecular flexibility index (Phi) is 5.83. The normalized spacial score (nSPS) is 17.0. The summed E-state index contributed by atoms with van der Waals surface area (Å²) in [5, 5.41) is 20.4. The van der Waals surface area contributed by atoms with Crippen LogP contribution in [0.25, 0.3) is 0 Å². The largest absolute Gasteiger partial charge is 0.502 e. The van der Waals surface area contributed by atoms with Gasteiger partial charge in [0.1, 0.15) is 16.0 Å². The van der Waals surface area contributed by atoms with Gasteiger partial charge in [-0.1, -0.05) is 66.6 Å². The minimum absolute atomic E-state index is 0.0154. The average Bonchev–Trinajstić information content (AvgIpc) is 3.33. The van der Waals surface area contributed by atoms with Crippen molar-refractivity contribution in [3.63, 3.8) is 0 Å². The molecule has 0 unspecified atom stereocenters. The standard InChI is InChI=1S/C22H20ClN3O4S2/c1-12(2)20-24-25-22(31-20)26-17(14-6-8-15(23)9-7-14)19(18(27)21(26)28)32(29,30)16-10-4-13(3)5-11-16/h4-12,17,27H,1-3H3/t17-/m1/s1. The first-order valence-electron chi connectivity index (χ1n) is 9.78. The molecule has 0 saturated carbocycles. The van der Waals surface area contributed by atoms with Gasteiger partial charge in [-0.2, -0.15) is 0 Å². The van der Waals surface area contributed by atoms with E-state index in [1.807, 2.05) is 20.8 Å². The van der Waals surface area contributed by atoms with Crippen molar-refractivity contribution in [1.29, 1.82) is 0 Å². The summed E-state index contributed by atoms with van der Waals surface area (Å²) in [4.78, 5) is 13.9. The first-order chi connectivity index (χ1) is 15.1. The molecule has 0 saturated heterocycles. The molecule has 1 aliphatic rings. The highest BCUT2D eigenvalue weighted by atomic mass is 35.5. The van der Waals surface area contributed by atoms with E-state index in [4.69, 9.17) is 11.6 Å².